The third-order valence-electron chi connectivity index (χ3n) is 1.90. The normalized spacial score (nSPS) is 11.6. The van der Waals surface area contributed by atoms with Crippen LogP contribution < -0.4 is 0 Å². The molecule has 0 unspecified atom stereocenters. The van der Waals surface area contributed by atoms with E-state index < -0.39 is 0 Å². The van der Waals surface area contributed by atoms with Gasteiger partial charge >= 0.3 is 0 Å². The Morgan fingerprint density at radius 3 is 3.00 bits per heavy atom. The topological polar surface area (TPSA) is 41.6 Å². The second kappa shape index (κ2) is 1.50. The summed E-state index contributed by atoms with van der Waals surface area (Å²) < 4.78 is 0. The quantitative estimate of drug-likeness (QED) is 0.518. The number of rotatable bonds is 0. The van der Waals surface area contributed by atoms with Crippen molar-refractivity contribution < 1.29 is 0 Å². The fraction of sp³-hybridized carbons (Fsp3) is 0. The lowest BCUT2D eigenvalue weighted by Gasteiger charge is -1.94. The molecule has 2 heterocycles. The van der Waals surface area contributed by atoms with E-state index in [0.717, 1.165) is 22.1 Å². The highest BCUT2D eigenvalue weighted by atomic mass is 15.2. The Hall–Kier alpha value is -1.64. The first-order valence-corrected chi connectivity index (χ1v) is 3.47. The molecule has 0 aliphatic heterocycles. The molecule has 0 amide bonds. The second-order valence-corrected chi connectivity index (χ2v) is 2.57. The number of aromatic amines is 1. The van der Waals surface area contributed by atoms with Crippen LogP contribution in [0.4, 0.5) is 0 Å². The molecule has 0 radical (unpaired) electrons. The largest absolute Gasteiger partial charge is 0.337 e. The maximum Gasteiger partial charge on any atom is 0.164 e. The van der Waals surface area contributed by atoms with Crippen LogP contribution in [0.2, 0.25) is 0 Å². The monoisotopic (exact) mass is 143 g/mol. The predicted octanol–water partition coefficient (Wildman–Crippen LogP) is 1.55. The van der Waals surface area contributed by atoms with Crippen LogP contribution in [0, 0.1) is 0 Å². The van der Waals surface area contributed by atoms with E-state index in [9.17, 15) is 0 Å². The van der Waals surface area contributed by atoms with E-state index in [1.54, 1.807) is 0 Å². The molecule has 0 bridgehead atoms. The van der Waals surface area contributed by atoms with E-state index >= 15 is 0 Å². The first kappa shape index (κ1) is 5.07. The third-order valence-corrected chi connectivity index (χ3v) is 1.90. The molecular weight excluding hydrogens is 138 g/mol. The third kappa shape index (κ3) is 0.487. The van der Waals surface area contributed by atoms with E-state index in [-0.39, 0.29) is 0 Å². The summed E-state index contributed by atoms with van der Waals surface area (Å²) in [5.74, 6) is 0. The Balaban J connectivity index is 2.73. The molecule has 3 nitrogen and oxygen atoms in total. The van der Waals surface area contributed by atoms with Gasteiger partial charge in [-0.15, -0.1) is 10.2 Å². The summed E-state index contributed by atoms with van der Waals surface area (Å²) in [6.07, 6.45) is 0. The molecule has 0 spiro atoms. The zero-order valence-corrected chi connectivity index (χ0v) is 5.70. The Kier molecular flexibility index (Phi) is 0.692. The SMILES string of the molecule is c1ccc2[nH]c3nnc(c1)c23. The van der Waals surface area contributed by atoms with Crippen molar-refractivity contribution in [3.63, 3.8) is 0 Å². The molecule has 1 N–H and O–H groups in total. The highest BCUT2D eigenvalue weighted by molar-refractivity contribution is 6.07. The smallest absolute Gasteiger partial charge is 0.164 e. The van der Waals surface area contributed by atoms with E-state index in [1.165, 1.54) is 0 Å². The molecule has 3 heteroatoms. The van der Waals surface area contributed by atoms with Crippen LogP contribution in [-0.2, 0) is 0 Å². The minimum Gasteiger partial charge on any atom is -0.337 e. The molecule has 3 rings (SSSR count). The Morgan fingerprint density at radius 2 is 2.00 bits per heavy atom. The number of nitrogens with zero attached hydrogens (tertiary/aromatic N) is 2. The average molecular weight is 143 g/mol. The summed E-state index contributed by atoms with van der Waals surface area (Å²) in [4.78, 5) is 3.10. The summed E-state index contributed by atoms with van der Waals surface area (Å²) in [5.41, 5.74) is 3.01. The molecule has 0 aliphatic rings. The van der Waals surface area contributed by atoms with E-state index in [0.29, 0.717) is 0 Å². The standard InChI is InChI=1S/C8H5N3/c1-2-4-6-7-5(3-1)9-8(7)11-10-6/h1-4H,(H,9,10,11). The number of H-pyrrole nitrogens is 1. The lowest BCUT2D eigenvalue weighted by Crippen LogP contribution is -1.81. The van der Waals surface area contributed by atoms with Crippen molar-refractivity contribution in [2.45, 2.75) is 0 Å². The fourth-order valence-corrected chi connectivity index (χ4v) is 1.35. The minimum absolute atomic E-state index is 0.909. The Morgan fingerprint density at radius 1 is 1.09 bits per heavy atom. The van der Waals surface area contributed by atoms with Crippen LogP contribution in [0.1, 0.15) is 0 Å². The van der Waals surface area contributed by atoms with Crippen molar-refractivity contribution in [2.75, 3.05) is 0 Å². The highest BCUT2D eigenvalue weighted by Gasteiger charge is 2.08. The van der Waals surface area contributed by atoms with Crippen molar-refractivity contribution in [1.29, 1.82) is 0 Å². The Labute approximate surface area is 62.4 Å². The summed E-state index contributed by atoms with van der Waals surface area (Å²) in [5, 5.41) is 9.10. The number of hydrogen-bond acceptors (Lipinski definition) is 2. The van der Waals surface area contributed by atoms with Crippen LogP contribution in [0.3, 0.4) is 0 Å². The van der Waals surface area contributed by atoms with E-state index in [2.05, 4.69) is 15.2 Å². The van der Waals surface area contributed by atoms with Gasteiger partial charge in [0.25, 0.3) is 0 Å². The van der Waals surface area contributed by atoms with Gasteiger partial charge in [-0.25, -0.2) is 0 Å². The molecule has 11 heavy (non-hydrogen) atoms. The molecule has 0 saturated carbocycles. The van der Waals surface area contributed by atoms with Gasteiger partial charge in [0.15, 0.2) is 5.65 Å². The molecule has 2 aromatic heterocycles. The van der Waals surface area contributed by atoms with Crippen LogP contribution in [0.15, 0.2) is 24.3 Å². The maximum absolute atomic E-state index is 4.00. The van der Waals surface area contributed by atoms with Crippen molar-refractivity contribution in [1.82, 2.24) is 15.2 Å². The summed E-state index contributed by atoms with van der Waals surface area (Å²) in [6, 6.07) is 7.96. The van der Waals surface area contributed by atoms with Gasteiger partial charge in [0.2, 0.25) is 0 Å². The first-order chi connectivity index (χ1) is 5.45. The summed E-state index contributed by atoms with van der Waals surface area (Å²) >= 11 is 0. The number of nitrogens with one attached hydrogen (secondary N) is 1. The predicted molar refractivity (Wildman–Crippen MR) is 42.6 cm³/mol. The molecule has 0 saturated heterocycles. The average Bonchev–Trinajstić information content (AvgIpc) is 2.21. The van der Waals surface area contributed by atoms with Crippen LogP contribution in [-0.4, -0.2) is 15.2 Å². The Bertz CT molecular complexity index is 492. The molecule has 0 fully saturated rings. The van der Waals surface area contributed by atoms with Crippen LogP contribution in [0.5, 0.6) is 0 Å². The van der Waals surface area contributed by atoms with Gasteiger partial charge in [-0.3, -0.25) is 0 Å². The molecule has 3 aromatic rings. The van der Waals surface area contributed by atoms with Gasteiger partial charge in [0.1, 0.15) is 0 Å². The molecular formula is C8H5N3. The van der Waals surface area contributed by atoms with E-state index in [4.69, 9.17) is 0 Å². The van der Waals surface area contributed by atoms with Gasteiger partial charge in [-0.2, -0.15) is 0 Å². The van der Waals surface area contributed by atoms with Crippen molar-refractivity contribution in [3.8, 4) is 0 Å². The number of hydrogen-bond donors (Lipinski definition) is 1. The second-order valence-electron chi connectivity index (χ2n) is 2.57. The van der Waals surface area contributed by atoms with Gasteiger partial charge in [0, 0.05) is 0 Å². The van der Waals surface area contributed by atoms with E-state index in [1.807, 2.05) is 24.3 Å². The molecule has 52 valence electrons. The van der Waals surface area contributed by atoms with Crippen molar-refractivity contribution >= 4 is 22.1 Å². The van der Waals surface area contributed by atoms with Gasteiger partial charge < -0.3 is 4.98 Å². The van der Waals surface area contributed by atoms with Gasteiger partial charge in [0.05, 0.1) is 16.4 Å². The maximum atomic E-state index is 4.00. The zero-order valence-electron chi connectivity index (χ0n) is 5.70. The fourth-order valence-electron chi connectivity index (χ4n) is 1.35. The molecule has 1 aromatic carbocycles. The summed E-state index contributed by atoms with van der Waals surface area (Å²) in [7, 11) is 0. The van der Waals surface area contributed by atoms with Crippen LogP contribution in [0.25, 0.3) is 22.1 Å². The molecule has 0 aliphatic carbocycles. The highest BCUT2D eigenvalue weighted by Crippen LogP contribution is 2.23. The van der Waals surface area contributed by atoms with Crippen LogP contribution >= 0.6 is 0 Å². The van der Waals surface area contributed by atoms with Gasteiger partial charge in [-0.1, -0.05) is 12.1 Å². The molecule has 0 atom stereocenters. The minimum atomic E-state index is 0.909. The lowest BCUT2D eigenvalue weighted by molar-refractivity contribution is 1.13. The number of aromatic nitrogens is 3. The summed E-state index contributed by atoms with van der Waals surface area (Å²) in [6.45, 7) is 0. The first-order valence-electron chi connectivity index (χ1n) is 3.47. The van der Waals surface area contributed by atoms with Gasteiger partial charge in [-0.05, 0) is 12.1 Å². The van der Waals surface area contributed by atoms with Crippen molar-refractivity contribution in [2.24, 2.45) is 0 Å². The zero-order chi connectivity index (χ0) is 7.26. The lowest BCUT2D eigenvalue weighted by atomic mass is 10.2. The van der Waals surface area contributed by atoms with Crippen molar-refractivity contribution in [3.05, 3.63) is 24.3 Å².